The number of H-pyrrole nitrogens is 1. The van der Waals surface area contributed by atoms with Crippen molar-refractivity contribution in [1.29, 1.82) is 0 Å². The molecule has 118 valence electrons. The molecule has 0 atom stereocenters. The van der Waals surface area contributed by atoms with Gasteiger partial charge in [-0.1, -0.05) is 12.1 Å². The minimum atomic E-state index is 0.0641. The topological polar surface area (TPSA) is 61.7 Å². The van der Waals surface area contributed by atoms with E-state index in [1.165, 1.54) is 5.56 Å². The molecule has 3 aromatic rings. The Morgan fingerprint density at radius 1 is 1.22 bits per heavy atom. The Hall–Kier alpha value is -2.69. The van der Waals surface area contributed by atoms with E-state index in [1.54, 1.807) is 0 Å². The maximum Gasteiger partial charge on any atom is 0.226 e. The van der Waals surface area contributed by atoms with Crippen LogP contribution in [-0.4, -0.2) is 22.4 Å². The number of aromatic nitrogens is 3. The molecule has 0 fully saturated rings. The lowest BCUT2D eigenvalue weighted by Crippen LogP contribution is -2.36. The summed E-state index contributed by atoms with van der Waals surface area (Å²) in [4.78, 5) is 19.7. The van der Waals surface area contributed by atoms with Gasteiger partial charge in [0.2, 0.25) is 5.91 Å². The second kappa shape index (κ2) is 7.05. The lowest BCUT2D eigenvalue weighted by Gasteiger charge is -2.02. The summed E-state index contributed by atoms with van der Waals surface area (Å²) in [6.07, 6.45) is 5.18. The number of amides is 1. The number of nitrogens with zero attached hydrogens (tertiary/aromatic N) is 2. The van der Waals surface area contributed by atoms with E-state index < -0.39 is 0 Å². The Kier molecular flexibility index (Phi) is 4.66. The zero-order valence-electron chi connectivity index (χ0n) is 13.2. The summed E-state index contributed by atoms with van der Waals surface area (Å²) >= 11 is 0. The SMILES string of the molecule is Cc1cc[n+](CCC(=O)NCCc2nc3ccccc3[nH]2)cc1. The molecule has 1 aromatic carbocycles. The first-order chi connectivity index (χ1) is 11.2. The van der Waals surface area contributed by atoms with Gasteiger partial charge in [-0.2, -0.15) is 0 Å². The van der Waals surface area contributed by atoms with E-state index in [4.69, 9.17) is 0 Å². The van der Waals surface area contributed by atoms with Gasteiger partial charge < -0.3 is 10.3 Å². The first kappa shape index (κ1) is 15.2. The number of carbonyl (C=O) groups excluding carboxylic acids is 1. The van der Waals surface area contributed by atoms with E-state index in [0.29, 0.717) is 25.9 Å². The highest BCUT2D eigenvalue weighted by Crippen LogP contribution is 2.10. The summed E-state index contributed by atoms with van der Waals surface area (Å²) in [6.45, 7) is 3.34. The summed E-state index contributed by atoms with van der Waals surface area (Å²) < 4.78 is 2.02. The van der Waals surface area contributed by atoms with E-state index >= 15 is 0 Å². The largest absolute Gasteiger partial charge is 0.355 e. The standard InChI is InChI=1S/C18H20N4O/c1-14-7-11-22(12-8-14)13-9-18(23)19-10-6-17-20-15-4-2-3-5-16(15)21-17/h2-5,7-8,11-12H,6,9-10,13H2,1H3,(H-,19,20,21,23)/p+1. The third-order valence-electron chi connectivity index (χ3n) is 3.78. The van der Waals surface area contributed by atoms with Gasteiger partial charge in [-0.3, -0.25) is 4.79 Å². The van der Waals surface area contributed by atoms with Crippen molar-refractivity contribution in [1.82, 2.24) is 15.3 Å². The fourth-order valence-electron chi connectivity index (χ4n) is 2.44. The van der Waals surface area contributed by atoms with Crippen LogP contribution in [0.25, 0.3) is 11.0 Å². The Morgan fingerprint density at radius 2 is 2.00 bits per heavy atom. The minimum absolute atomic E-state index is 0.0641. The molecule has 2 aromatic heterocycles. The lowest BCUT2D eigenvalue weighted by atomic mass is 10.3. The Morgan fingerprint density at radius 3 is 2.78 bits per heavy atom. The molecule has 0 saturated heterocycles. The Balaban J connectivity index is 1.43. The highest BCUT2D eigenvalue weighted by atomic mass is 16.1. The number of hydrogen-bond acceptors (Lipinski definition) is 2. The maximum absolute atomic E-state index is 11.9. The van der Waals surface area contributed by atoms with Crippen molar-refractivity contribution in [3.05, 3.63) is 60.2 Å². The zero-order valence-corrected chi connectivity index (χ0v) is 13.2. The fraction of sp³-hybridized carbons (Fsp3) is 0.278. The molecule has 0 aliphatic heterocycles. The van der Waals surface area contributed by atoms with Crippen molar-refractivity contribution >= 4 is 16.9 Å². The smallest absolute Gasteiger partial charge is 0.226 e. The first-order valence-corrected chi connectivity index (χ1v) is 7.87. The Bertz CT molecular complexity index is 759. The summed E-state index contributed by atoms with van der Waals surface area (Å²) in [6, 6.07) is 12.0. The van der Waals surface area contributed by atoms with Crippen LogP contribution in [-0.2, 0) is 17.8 Å². The number of carbonyl (C=O) groups is 1. The van der Waals surface area contributed by atoms with Crippen molar-refractivity contribution in [3.8, 4) is 0 Å². The summed E-state index contributed by atoms with van der Waals surface area (Å²) in [5.74, 6) is 0.966. The molecule has 2 heterocycles. The highest BCUT2D eigenvalue weighted by molar-refractivity contribution is 5.76. The van der Waals surface area contributed by atoms with Crippen LogP contribution in [0.1, 0.15) is 17.8 Å². The second-order valence-electron chi connectivity index (χ2n) is 5.66. The molecule has 0 radical (unpaired) electrons. The number of fused-ring (bicyclic) bond motifs is 1. The van der Waals surface area contributed by atoms with Gasteiger partial charge in [-0.05, 0) is 24.6 Å². The van der Waals surface area contributed by atoms with Gasteiger partial charge in [0.05, 0.1) is 17.5 Å². The summed E-state index contributed by atoms with van der Waals surface area (Å²) in [7, 11) is 0. The highest BCUT2D eigenvalue weighted by Gasteiger charge is 2.07. The number of rotatable bonds is 6. The second-order valence-corrected chi connectivity index (χ2v) is 5.66. The normalized spacial score (nSPS) is 10.8. The summed E-state index contributed by atoms with van der Waals surface area (Å²) in [5, 5.41) is 2.94. The molecule has 23 heavy (non-hydrogen) atoms. The number of para-hydroxylation sites is 2. The van der Waals surface area contributed by atoms with Crippen molar-refractivity contribution in [2.24, 2.45) is 0 Å². The van der Waals surface area contributed by atoms with Gasteiger partial charge in [0.25, 0.3) is 0 Å². The predicted octanol–water partition coefficient (Wildman–Crippen LogP) is 1.91. The van der Waals surface area contributed by atoms with Crippen molar-refractivity contribution in [2.45, 2.75) is 26.3 Å². The van der Waals surface area contributed by atoms with Crippen molar-refractivity contribution in [2.75, 3.05) is 6.54 Å². The molecule has 5 heteroatoms. The first-order valence-electron chi connectivity index (χ1n) is 7.87. The van der Waals surface area contributed by atoms with Crippen LogP contribution < -0.4 is 9.88 Å². The number of benzene rings is 1. The molecule has 0 aliphatic carbocycles. The number of nitrogens with one attached hydrogen (secondary N) is 2. The van der Waals surface area contributed by atoms with Gasteiger partial charge in [-0.15, -0.1) is 0 Å². The predicted molar refractivity (Wildman–Crippen MR) is 88.8 cm³/mol. The maximum atomic E-state index is 11.9. The van der Waals surface area contributed by atoms with Crippen LogP contribution in [0.15, 0.2) is 48.8 Å². The summed E-state index contributed by atoms with van der Waals surface area (Å²) in [5.41, 5.74) is 3.21. The molecule has 2 N–H and O–H groups in total. The number of pyridine rings is 1. The van der Waals surface area contributed by atoms with Gasteiger partial charge in [0, 0.05) is 25.1 Å². The molecule has 3 rings (SSSR count). The fourth-order valence-corrected chi connectivity index (χ4v) is 2.44. The van der Waals surface area contributed by atoms with Gasteiger partial charge >= 0.3 is 0 Å². The number of imidazole rings is 1. The van der Waals surface area contributed by atoms with E-state index in [9.17, 15) is 4.79 Å². The molecule has 0 saturated carbocycles. The molecule has 0 bridgehead atoms. The average molecular weight is 309 g/mol. The molecular formula is C18H21N4O+. The monoisotopic (exact) mass is 309 g/mol. The van der Waals surface area contributed by atoms with Crippen LogP contribution in [0.4, 0.5) is 0 Å². The number of aryl methyl sites for hydroxylation is 2. The van der Waals surface area contributed by atoms with E-state index in [2.05, 4.69) is 22.2 Å². The quantitative estimate of drug-likeness (QED) is 0.683. The zero-order chi connectivity index (χ0) is 16.1. The molecule has 0 spiro atoms. The van der Waals surface area contributed by atoms with Gasteiger partial charge in [0.15, 0.2) is 18.9 Å². The van der Waals surface area contributed by atoms with Crippen LogP contribution in [0.2, 0.25) is 0 Å². The van der Waals surface area contributed by atoms with Crippen LogP contribution in [0.5, 0.6) is 0 Å². The molecule has 1 amide bonds. The number of hydrogen-bond donors (Lipinski definition) is 2. The third-order valence-corrected chi connectivity index (χ3v) is 3.78. The minimum Gasteiger partial charge on any atom is -0.355 e. The van der Waals surface area contributed by atoms with Gasteiger partial charge in [-0.25, -0.2) is 9.55 Å². The molecule has 0 aliphatic rings. The van der Waals surface area contributed by atoms with E-state index in [0.717, 1.165) is 16.9 Å². The van der Waals surface area contributed by atoms with Crippen molar-refractivity contribution in [3.63, 3.8) is 0 Å². The van der Waals surface area contributed by atoms with Crippen LogP contribution in [0, 0.1) is 6.92 Å². The number of aromatic amines is 1. The van der Waals surface area contributed by atoms with Gasteiger partial charge in [0.1, 0.15) is 5.82 Å². The lowest BCUT2D eigenvalue weighted by molar-refractivity contribution is -0.695. The van der Waals surface area contributed by atoms with E-state index in [1.807, 2.05) is 53.4 Å². The molecule has 0 unspecified atom stereocenters. The molecule has 5 nitrogen and oxygen atoms in total. The molecular weight excluding hydrogens is 288 g/mol. The third kappa shape index (κ3) is 4.16. The van der Waals surface area contributed by atoms with E-state index in [-0.39, 0.29) is 5.91 Å². The van der Waals surface area contributed by atoms with Crippen LogP contribution >= 0.6 is 0 Å². The Labute approximate surface area is 135 Å². The van der Waals surface area contributed by atoms with Crippen LogP contribution in [0.3, 0.4) is 0 Å². The average Bonchev–Trinajstić information content (AvgIpc) is 2.97. The van der Waals surface area contributed by atoms with Crippen molar-refractivity contribution < 1.29 is 9.36 Å².